The van der Waals surface area contributed by atoms with Gasteiger partial charge < -0.3 is 9.88 Å². The van der Waals surface area contributed by atoms with E-state index in [2.05, 4.69) is 22.0 Å². The lowest BCUT2D eigenvalue weighted by molar-refractivity contribution is -0.116. The van der Waals surface area contributed by atoms with Gasteiger partial charge in [-0.05, 0) is 29.7 Å². The SMILES string of the molecule is O=C(CCn1c2ccccc2c2nc3ccccc3nc21)Nc1cccc2ccccc12. The summed E-state index contributed by atoms with van der Waals surface area (Å²) in [5.41, 5.74) is 5.27. The lowest BCUT2D eigenvalue weighted by Gasteiger charge is -2.10. The molecule has 0 saturated heterocycles. The Morgan fingerprint density at radius 1 is 0.750 bits per heavy atom. The predicted molar refractivity (Wildman–Crippen MR) is 130 cm³/mol. The smallest absolute Gasteiger partial charge is 0.226 e. The number of rotatable bonds is 4. The second-order valence-electron chi connectivity index (χ2n) is 7.88. The van der Waals surface area contributed by atoms with Crippen LogP contribution < -0.4 is 5.32 Å². The summed E-state index contributed by atoms with van der Waals surface area (Å²) in [7, 11) is 0. The van der Waals surface area contributed by atoms with Gasteiger partial charge in [-0.1, -0.05) is 66.7 Å². The number of para-hydroxylation sites is 3. The lowest BCUT2D eigenvalue weighted by Crippen LogP contribution is -2.15. The van der Waals surface area contributed by atoms with Crippen LogP contribution in [0.4, 0.5) is 5.69 Å². The first-order chi connectivity index (χ1) is 15.8. The molecule has 0 bridgehead atoms. The van der Waals surface area contributed by atoms with Gasteiger partial charge in [0, 0.05) is 29.4 Å². The van der Waals surface area contributed by atoms with Crippen molar-refractivity contribution in [3.8, 4) is 0 Å². The molecule has 6 aromatic rings. The number of nitrogens with zero attached hydrogens (tertiary/aromatic N) is 3. The molecule has 5 heteroatoms. The number of aromatic nitrogens is 3. The van der Waals surface area contributed by atoms with Crippen molar-refractivity contribution in [2.75, 3.05) is 5.32 Å². The number of aryl methyl sites for hydroxylation is 1. The van der Waals surface area contributed by atoms with E-state index in [0.29, 0.717) is 13.0 Å². The third-order valence-electron chi connectivity index (χ3n) is 5.88. The topological polar surface area (TPSA) is 59.8 Å². The molecule has 0 aliphatic heterocycles. The molecule has 1 amide bonds. The van der Waals surface area contributed by atoms with E-state index in [0.717, 1.165) is 49.6 Å². The maximum atomic E-state index is 12.9. The minimum absolute atomic E-state index is 0.0268. The highest BCUT2D eigenvalue weighted by atomic mass is 16.1. The minimum Gasteiger partial charge on any atom is -0.325 e. The fraction of sp³-hybridized carbons (Fsp3) is 0.0741. The highest BCUT2D eigenvalue weighted by Crippen LogP contribution is 2.28. The summed E-state index contributed by atoms with van der Waals surface area (Å²) in [5.74, 6) is -0.0268. The van der Waals surface area contributed by atoms with Gasteiger partial charge in [0.1, 0.15) is 5.52 Å². The Morgan fingerprint density at radius 2 is 1.44 bits per heavy atom. The molecule has 0 aliphatic carbocycles. The molecule has 4 aromatic carbocycles. The number of fused-ring (bicyclic) bond motifs is 5. The molecule has 32 heavy (non-hydrogen) atoms. The molecule has 0 radical (unpaired) electrons. The average Bonchev–Trinajstić information content (AvgIpc) is 3.14. The summed E-state index contributed by atoms with van der Waals surface area (Å²) in [6, 6.07) is 30.0. The summed E-state index contributed by atoms with van der Waals surface area (Å²) in [6.45, 7) is 0.521. The molecule has 0 unspecified atom stereocenters. The van der Waals surface area contributed by atoms with Crippen LogP contribution in [0.5, 0.6) is 0 Å². The molecule has 1 N–H and O–H groups in total. The van der Waals surface area contributed by atoms with Crippen LogP contribution >= 0.6 is 0 Å². The summed E-state index contributed by atoms with van der Waals surface area (Å²) >= 11 is 0. The van der Waals surface area contributed by atoms with E-state index in [-0.39, 0.29) is 5.91 Å². The van der Waals surface area contributed by atoms with Crippen LogP contribution in [0.2, 0.25) is 0 Å². The third kappa shape index (κ3) is 3.06. The van der Waals surface area contributed by atoms with Gasteiger partial charge in [0.2, 0.25) is 5.91 Å². The monoisotopic (exact) mass is 416 g/mol. The Kier molecular flexibility index (Phi) is 4.32. The van der Waals surface area contributed by atoms with Crippen molar-refractivity contribution in [2.24, 2.45) is 0 Å². The Balaban J connectivity index is 1.35. The number of amides is 1. The van der Waals surface area contributed by atoms with Crippen molar-refractivity contribution in [1.82, 2.24) is 14.5 Å². The van der Waals surface area contributed by atoms with Crippen molar-refractivity contribution in [2.45, 2.75) is 13.0 Å². The summed E-state index contributed by atoms with van der Waals surface area (Å²) in [4.78, 5) is 22.6. The minimum atomic E-state index is -0.0268. The Bertz CT molecular complexity index is 1630. The van der Waals surface area contributed by atoms with E-state index < -0.39 is 0 Å². The third-order valence-corrected chi connectivity index (χ3v) is 5.88. The molecule has 2 heterocycles. The second kappa shape index (κ2) is 7.46. The quantitative estimate of drug-likeness (QED) is 0.388. The van der Waals surface area contributed by atoms with E-state index >= 15 is 0 Å². The molecule has 0 aliphatic rings. The van der Waals surface area contributed by atoms with Gasteiger partial charge in [0.15, 0.2) is 5.65 Å². The van der Waals surface area contributed by atoms with Crippen molar-refractivity contribution in [1.29, 1.82) is 0 Å². The standard InChI is InChI=1S/C27H20N4O/c32-25(28-21-14-7-9-18-8-1-2-10-19(18)21)16-17-31-24-15-6-3-11-20(24)26-27(31)30-23-13-5-4-12-22(23)29-26/h1-15H,16-17H2,(H,28,32). The Hall–Kier alpha value is -4.25. The number of carbonyl (C=O) groups is 1. The van der Waals surface area contributed by atoms with Gasteiger partial charge in [-0.25, -0.2) is 9.97 Å². The second-order valence-corrected chi connectivity index (χ2v) is 7.88. The highest BCUT2D eigenvalue weighted by Gasteiger charge is 2.15. The highest BCUT2D eigenvalue weighted by molar-refractivity contribution is 6.07. The van der Waals surface area contributed by atoms with Gasteiger partial charge in [0.25, 0.3) is 0 Å². The van der Waals surface area contributed by atoms with E-state index in [1.54, 1.807) is 0 Å². The van der Waals surface area contributed by atoms with E-state index in [9.17, 15) is 4.79 Å². The number of nitrogens with one attached hydrogen (secondary N) is 1. The molecule has 5 nitrogen and oxygen atoms in total. The predicted octanol–water partition coefficient (Wildman–Crippen LogP) is 5.92. The van der Waals surface area contributed by atoms with Crippen LogP contribution in [0.3, 0.4) is 0 Å². The van der Waals surface area contributed by atoms with Crippen molar-refractivity contribution in [3.05, 3.63) is 91.0 Å². The Labute approximate surface area is 184 Å². The van der Waals surface area contributed by atoms with E-state index in [1.807, 2.05) is 78.9 Å². The first-order valence-electron chi connectivity index (χ1n) is 10.7. The van der Waals surface area contributed by atoms with Crippen LogP contribution in [0.1, 0.15) is 6.42 Å². The first kappa shape index (κ1) is 18.5. The van der Waals surface area contributed by atoms with Gasteiger partial charge in [-0.15, -0.1) is 0 Å². The summed E-state index contributed by atoms with van der Waals surface area (Å²) < 4.78 is 2.10. The van der Waals surface area contributed by atoms with Crippen LogP contribution in [-0.2, 0) is 11.3 Å². The van der Waals surface area contributed by atoms with Gasteiger partial charge >= 0.3 is 0 Å². The fourth-order valence-electron chi connectivity index (χ4n) is 4.37. The largest absolute Gasteiger partial charge is 0.325 e. The molecule has 0 spiro atoms. The number of hydrogen-bond donors (Lipinski definition) is 1. The van der Waals surface area contributed by atoms with Crippen LogP contribution in [-0.4, -0.2) is 20.4 Å². The van der Waals surface area contributed by atoms with E-state index in [4.69, 9.17) is 9.97 Å². The van der Waals surface area contributed by atoms with Gasteiger partial charge in [0.05, 0.1) is 16.6 Å². The van der Waals surface area contributed by atoms with Crippen molar-refractivity contribution >= 4 is 55.5 Å². The molecule has 0 atom stereocenters. The molecule has 2 aromatic heterocycles. The summed E-state index contributed by atoms with van der Waals surface area (Å²) in [5, 5.41) is 6.28. The van der Waals surface area contributed by atoms with Crippen molar-refractivity contribution in [3.63, 3.8) is 0 Å². The van der Waals surface area contributed by atoms with Crippen molar-refractivity contribution < 1.29 is 4.79 Å². The maximum Gasteiger partial charge on any atom is 0.226 e. The van der Waals surface area contributed by atoms with Gasteiger partial charge in [-0.2, -0.15) is 0 Å². The normalized spacial score (nSPS) is 11.5. The van der Waals surface area contributed by atoms with Gasteiger partial charge in [-0.3, -0.25) is 4.79 Å². The van der Waals surface area contributed by atoms with Crippen LogP contribution in [0.15, 0.2) is 91.0 Å². The lowest BCUT2D eigenvalue weighted by atomic mass is 10.1. The summed E-state index contributed by atoms with van der Waals surface area (Å²) in [6.07, 6.45) is 0.339. The maximum absolute atomic E-state index is 12.9. The zero-order valence-corrected chi connectivity index (χ0v) is 17.3. The number of hydrogen-bond acceptors (Lipinski definition) is 3. The Morgan fingerprint density at radius 3 is 2.31 bits per heavy atom. The number of carbonyl (C=O) groups excluding carboxylic acids is 1. The number of anilines is 1. The zero-order valence-electron chi connectivity index (χ0n) is 17.3. The first-order valence-corrected chi connectivity index (χ1v) is 10.7. The molecule has 0 fully saturated rings. The average molecular weight is 416 g/mol. The molecule has 0 saturated carbocycles. The number of benzene rings is 4. The molecular formula is C27H20N4O. The zero-order chi connectivity index (χ0) is 21.5. The van der Waals surface area contributed by atoms with Crippen LogP contribution in [0, 0.1) is 0 Å². The van der Waals surface area contributed by atoms with E-state index in [1.165, 1.54) is 0 Å². The molecule has 154 valence electrons. The molecular weight excluding hydrogens is 396 g/mol. The van der Waals surface area contributed by atoms with Crippen LogP contribution in [0.25, 0.3) is 43.9 Å². The molecule has 6 rings (SSSR count). The fourth-order valence-corrected chi connectivity index (χ4v) is 4.37.